The molecule has 1 atom stereocenters. The van der Waals surface area contributed by atoms with E-state index in [1.165, 1.54) is 0 Å². The van der Waals surface area contributed by atoms with Crippen LogP contribution in [0.5, 0.6) is 0 Å². The Kier molecular flexibility index (Phi) is 8.04. The normalized spacial score (nSPS) is 11.8. The van der Waals surface area contributed by atoms with Crippen LogP contribution in [0.2, 0.25) is 0 Å². The molecule has 0 aliphatic carbocycles. The van der Waals surface area contributed by atoms with Gasteiger partial charge in [0.1, 0.15) is 0 Å². The van der Waals surface area contributed by atoms with Crippen molar-refractivity contribution in [3.63, 3.8) is 0 Å². The van der Waals surface area contributed by atoms with Gasteiger partial charge in [-0.3, -0.25) is 4.79 Å². The third-order valence-electron chi connectivity index (χ3n) is 0.676. The summed E-state index contributed by atoms with van der Waals surface area (Å²) in [5.74, 6) is -0.491. The van der Waals surface area contributed by atoms with Crippen molar-refractivity contribution in [1.82, 2.24) is 0 Å². The van der Waals surface area contributed by atoms with Gasteiger partial charge in [-0.15, -0.1) is 0 Å². The van der Waals surface area contributed by atoms with Crippen LogP contribution in [-0.2, 0) is 37.5 Å². The maximum atomic E-state index is 9.99. The SMILES string of the molecule is [CH2-]CC(N)C(N)=O.[Y+3]. The number of primary amides is 1. The van der Waals surface area contributed by atoms with Gasteiger partial charge in [-0.1, -0.05) is 0 Å². The third-order valence-corrected chi connectivity index (χ3v) is 0.676. The van der Waals surface area contributed by atoms with Crippen molar-refractivity contribution < 1.29 is 37.5 Å². The van der Waals surface area contributed by atoms with Crippen LogP contribution in [0, 0.1) is 6.92 Å². The van der Waals surface area contributed by atoms with Crippen molar-refractivity contribution in [1.29, 1.82) is 0 Å². The first-order valence-corrected chi connectivity index (χ1v) is 2.02. The van der Waals surface area contributed by atoms with Crippen molar-refractivity contribution in [3.05, 3.63) is 6.92 Å². The van der Waals surface area contributed by atoms with E-state index >= 15 is 0 Å². The first-order chi connectivity index (χ1) is 3.18. The molecule has 0 saturated carbocycles. The molecule has 0 aromatic rings. The van der Waals surface area contributed by atoms with Gasteiger partial charge in [0, 0.05) is 0 Å². The second kappa shape index (κ2) is 5.67. The van der Waals surface area contributed by atoms with Crippen molar-refractivity contribution in [2.75, 3.05) is 0 Å². The summed E-state index contributed by atoms with van der Waals surface area (Å²) in [4.78, 5) is 9.99. The van der Waals surface area contributed by atoms with E-state index in [1.807, 2.05) is 0 Å². The predicted molar refractivity (Wildman–Crippen MR) is 27.1 cm³/mol. The molecule has 4 heteroatoms. The molecule has 0 aromatic heterocycles. The second-order valence-corrected chi connectivity index (χ2v) is 1.30. The number of amides is 1. The van der Waals surface area contributed by atoms with Gasteiger partial charge in [0.2, 0.25) is 5.91 Å². The van der Waals surface area contributed by atoms with Crippen LogP contribution >= 0.6 is 0 Å². The molecule has 0 bridgehead atoms. The van der Waals surface area contributed by atoms with E-state index < -0.39 is 11.9 Å². The number of hydrogen-bond acceptors (Lipinski definition) is 2. The molecule has 0 rings (SSSR count). The molecule has 0 saturated heterocycles. The molecule has 4 N–H and O–H groups in total. The Bertz CT molecular complexity index is 76.4. The molecule has 1 unspecified atom stereocenters. The zero-order chi connectivity index (χ0) is 5.86. The fraction of sp³-hybridized carbons (Fsp3) is 0.500. The molecule has 1 amide bonds. The van der Waals surface area contributed by atoms with E-state index in [4.69, 9.17) is 11.5 Å². The van der Waals surface area contributed by atoms with Gasteiger partial charge >= 0.3 is 32.7 Å². The average Bonchev–Trinajstić information content (AvgIpc) is 1.65. The van der Waals surface area contributed by atoms with E-state index in [-0.39, 0.29) is 32.7 Å². The summed E-state index contributed by atoms with van der Waals surface area (Å²) < 4.78 is 0. The zero-order valence-electron chi connectivity index (χ0n) is 4.63. The maximum absolute atomic E-state index is 9.99. The minimum Gasteiger partial charge on any atom is -0.368 e. The first-order valence-electron chi connectivity index (χ1n) is 2.02. The van der Waals surface area contributed by atoms with E-state index in [0.29, 0.717) is 6.42 Å². The van der Waals surface area contributed by atoms with Crippen molar-refractivity contribution in [3.8, 4) is 0 Å². The molecule has 0 radical (unpaired) electrons. The standard InChI is InChI=1S/C4H9N2O.Y/c1-2-3(5)4(6)7;/h3H,1-2,5H2,(H2,6,7);/q-1;+3. The molecule has 0 aliphatic rings. The molecule has 0 fully saturated rings. The number of carbonyl (C=O) groups is 1. The Balaban J connectivity index is 0. The zero-order valence-corrected chi connectivity index (χ0v) is 7.47. The summed E-state index contributed by atoms with van der Waals surface area (Å²) in [6.45, 7) is 3.38. The van der Waals surface area contributed by atoms with Gasteiger partial charge < -0.3 is 18.4 Å². The molecule has 0 heterocycles. The van der Waals surface area contributed by atoms with E-state index in [2.05, 4.69) is 6.92 Å². The van der Waals surface area contributed by atoms with Crippen LogP contribution < -0.4 is 11.5 Å². The summed E-state index contributed by atoms with van der Waals surface area (Å²) in [5, 5.41) is 0. The molecule has 3 nitrogen and oxygen atoms in total. The van der Waals surface area contributed by atoms with Gasteiger partial charge in [-0.05, 0) is 0 Å². The van der Waals surface area contributed by atoms with Crippen LogP contribution in [-0.4, -0.2) is 11.9 Å². The molecule has 0 aliphatic heterocycles. The van der Waals surface area contributed by atoms with Gasteiger partial charge in [-0.2, -0.15) is 6.42 Å². The summed E-state index contributed by atoms with van der Waals surface area (Å²) >= 11 is 0. The predicted octanol–water partition coefficient (Wildman–Crippen LogP) is -0.979. The minimum absolute atomic E-state index is 0. The fourth-order valence-corrected chi connectivity index (χ4v) is 0.142. The Morgan fingerprint density at radius 1 is 1.75 bits per heavy atom. The monoisotopic (exact) mass is 190 g/mol. The van der Waals surface area contributed by atoms with Crippen LogP contribution in [0.15, 0.2) is 0 Å². The van der Waals surface area contributed by atoms with E-state index in [1.54, 1.807) is 0 Å². The van der Waals surface area contributed by atoms with Crippen LogP contribution in [0.3, 0.4) is 0 Å². The largest absolute Gasteiger partial charge is 3.00 e. The van der Waals surface area contributed by atoms with Crippen LogP contribution in [0.25, 0.3) is 0 Å². The van der Waals surface area contributed by atoms with Crippen molar-refractivity contribution in [2.24, 2.45) is 11.5 Å². The van der Waals surface area contributed by atoms with E-state index in [9.17, 15) is 4.79 Å². The summed E-state index contributed by atoms with van der Waals surface area (Å²) in [6.07, 6.45) is 0.370. The van der Waals surface area contributed by atoms with Gasteiger partial charge in [-0.25, -0.2) is 0 Å². The smallest absolute Gasteiger partial charge is 0.368 e. The summed E-state index contributed by atoms with van der Waals surface area (Å²) in [6, 6.07) is -0.569. The number of hydrogen-bond donors (Lipinski definition) is 2. The summed E-state index contributed by atoms with van der Waals surface area (Å²) in [7, 11) is 0. The number of nitrogens with two attached hydrogens (primary N) is 2. The Labute approximate surface area is 74.1 Å². The number of rotatable bonds is 2. The quantitative estimate of drug-likeness (QED) is 0.549. The summed E-state index contributed by atoms with van der Waals surface area (Å²) in [5.41, 5.74) is 9.82. The van der Waals surface area contributed by atoms with E-state index in [0.717, 1.165) is 0 Å². The van der Waals surface area contributed by atoms with Crippen molar-refractivity contribution >= 4 is 5.91 Å². The molecule has 42 valence electrons. The van der Waals surface area contributed by atoms with Gasteiger partial charge in [0.25, 0.3) is 0 Å². The Hall–Kier alpha value is 0.534. The van der Waals surface area contributed by atoms with Crippen molar-refractivity contribution in [2.45, 2.75) is 12.5 Å². The Morgan fingerprint density at radius 3 is 2.12 bits per heavy atom. The topological polar surface area (TPSA) is 69.1 Å². The average molecular weight is 190 g/mol. The molecule has 0 aromatic carbocycles. The van der Waals surface area contributed by atoms with Gasteiger partial charge in [0.15, 0.2) is 0 Å². The number of carbonyl (C=O) groups excluding carboxylic acids is 1. The second-order valence-electron chi connectivity index (χ2n) is 1.30. The van der Waals surface area contributed by atoms with Crippen LogP contribution in [0.4, 0.5) is 0 Å². The Morgan fingerprint density at radius 2 is 2.12 bits per heavy atom. The maximum Gasteiger partial charge on any atom is 3.00 e. The van der Waals surface area contributed by atoms with Gasteiger partial charge in [0.05, 0.1) is 6.04 Å². The molecule has 8 heavy (non-hydrogen) atoms. The fourth-order valence-electron chi connectivity index (χ4n) is 0.142. The molecule has 0 spiro atoms. The molecular weight excluding hydrogens is 181 g/mol. The minimum atomic E-state index is -0.569. The third kappa shape index (κ3) is 4.69. The first kappa shape index (κ1) is 11.3. The molecular formula is C4H9N2OY+2. The van der Waals surface area contributed by atoms with Crippen LogP contribution in [0.1, 0.15) is 6.42 Å².